The van der Waals surface area contributed by atoms with Gasteiger partial charge in [-0.1, -0.05) is 33.6 Å². The lowest BCUT2D eigenvalue weighted by Gasteiger charge is -2.12. The number of nitrogen functional groups attached to an aromatic ring is 1. The molecule has 2 aromatic rings. The maximum atomic E-state index is 12.3. The third-order valence-electron chi connectivity index (χ3n) is 3.03. The molecule has 0 radical (unpaired) electrons. The summed E-state index contributed by atoms with van der Waals surface area (Å²) >= 11 is 9.37. The zero-order chi connectivity index (χ0) is 14.9. The zero-order valence-corrected chi connectivity index (χ0v) is 13.5. The predicted octanol–water partition coefficient (Wildman–Crippen LogP) is 4.55. The summed E-state index contributed by atoms with van der Waals surface area (Å²) < 4.78 is 0.798. The van der Waals surface area contributed by atoms with Crippen molar-refractivity contribution in [1.82, 2.24) is 0 Å². The van der Waals surface area contributed by atoms with Crippen LogP contribution in [0, 0.1) is 13.8 Å². The van der Waals surface area contributed by atoms with Gasteiger partial charge in [0.05, 0.1) is 10.6 Å². The largest absolute Gasteiger partial charge is 0.398 e. The highest BCUT2D eigenvalue weighted by Gasteiger charge is 2.13. The number of aryl methyl sites for hydroxylation is 2. The molecule has 2 rings (SSSR count). The van der Waals surface area contributed by atoms with Gasteiger partial charge >= 0.3 is 0 Å². The summed E-state index contributed by atoms with van der Waals surface area (Å²) in [6.45, 7) is 3.85. The maximum absolute atomic E-state index is 12.3. The van der Waals surface area contributed by atoms with Gasteiger partial charge in [-0.05, 0) is 49.2 Å². The summed E-state index contributed by atoms with van der Waals surface area (Å²) in [4.78, 5) is 12.3. The van der Waals surface area contributed by atoms with Crippen molar-refractivity contribution < 1.29 is 4.79 Å². The van der Waals surface area contributed by atoms with Crippen LogP contribution in [0.25, 0.3) is 0 Å². The van der Waals surface area contributed by atoms with Gasteiger partial charge in [-0.2, -0.15) is 0 Å². The van der Waals surface area contributed by atoms with Crippen LogP contribution in [0.1, 0.15) is 21.5 Å². The van der Waals surface area contributed by atoms with Crippen LogP contribution in [-0.2, 0) is 0 Å². The summed E-state index contributed by atoms with van der Waals surface area (Å²) in [5, 5.41) is 3.24. The Morgan fingerprint density at radius 3 is 2.60 bits per heavy atom. The van der Waals surface area contributed by atoms with E-state index in [0.717, 1.165) is 15.6 Å². The SMILES string of the molecule is Cc1cc(C)c(NC(=O)c2cc(Br)ccc2Cl)cc1N. The number of benzene rings is 2. The second kappa shape index (κ2) is 5.85. The molecule has 20 heavy (non-hydrogen) atoms. The van der Waals surface area contributed by atoms with Gasteiger partial charge in [0.15, 0.2) is 0 Å². The van der Waals surface area contributed by atoms with Crippen LogP contribution in [0.2, 0.25) is 5.02 Å². The van der Waals surface area contributed by atoms with Crippen molar-refractivity contribution >= 4 is 44.8 Å². The first-order valence-corrected chi connectivity index (χ1v) is 7.18. The molecule has 1 amide bonds. The molecule has 0 aliphatic heterocycles. The number of anilines is 2. The van der Waals surface area contributed by atoms with Gasteiger partial charge in [-0.15, -0.1) is 0 Å². The molecular formula is C15H14BrClN2O. The Labute approximate surface area is 131 Å². The highest BCUT2D eigenvalue weighted by Crippen LogP contribution is 2.25. The average Bonchev–Trinajstić information content (AvgIpc) is 2.38. The number of carbonyl (C=O) groups is 1. The second-order valence-corrected chi connectivity index (χ2v) is 5.92. The maximum Gasteiger partial charge on any atom is 0.257 e. The summed E-state index contributed by atoms with van der Waals surface area (Å²) in [5.74, 6) is -0.261. The molecule has 104 valence electrons. The standard InChI is InChI=1S/C15H14BrClN2O/c1-8-5-9(2)14(7-13(8)18)19-15(20)11-6-10(16)3-4-12(11)17/h3-7H,18H2,1-2H3,(H,19,20). The molecule has 0 saturated heterocycles. The Morgan fingerprint density at radius 1 is 1.20 bits per heavy atom. The Balaban J connectivity index is 2.32. The van der Waals surface area contributed by atoms with Gasteiger partial charge in [0.1, 0.15) is 0 Å². The number of carbonyl (C=O) groups excluding carboxylic acids is 1. The van der Waals surface area contributed by atoms with Gasteiger partial charge in [0.2, 0.25) is 0 Å². The Morgan fingerprint density at radius 2 is 1.90 bits per heavy atom. The molecule has 0 aromatic heterocycles. The van der Waals surface area contributed by atoms with Gasteiger partial charge in [0, 0.05) is 15.8 Å². The number of nitrogens with two attached hydrogens (primary N) is 1. The third-order valence-corrected chi connectivity index (χ3v) is 3.86. The van der Waals surface area contributed by atoms with E-state index in [1.54, 1.807) is 24.3 Å². The number of amides is 1. The fraction of sp³-hybridized carbons (Fsp3) is 0.133. The number of nitrogens with one attached hydrogen (secondary N) is 1. The number of rotatable bonds is 2. The van der Waals surface area contributed by atoms with Gasteiger partial charge in [0.25, 0.3) is 5.91 Å². The lowest BCUT2D eigenvalue weighted by atomic mass is 10.1. The van der Waals surface area contributed by atoms with Gasteiger partial charge in [-0.25, -0.2) is 0 Å². The van der Waals surface area contributed by atoms with Crippen molar-refractivity contribution in [3.8, 4) is 0 Å². The quantitative estimate of drug-likeness (QED) is 0.778. The predicted molar refractivity (Wildman–Crippen MR) is 87.4 cm³/mol. The molecule has 0 spiro atoms. The average molecular weight is 354 g/mol. The van der Waals surface area contributed by atoms with Gasteiger partial charge in [-0.3, -0.25) is 4.79 Å². The van der Waals surface area contributed by atoms with E-state index in [4.69, 9.17) is 17.3 Å². The second-order valence-electron chi connectivity index (χ2n) is 4.60. The van der Waals surface area contributed by atoms with E-state index in [2.05, 4.69) is 21.2 Å². The normalized spacial score (nSPS) is 10.4. The molecule has 0 aliphatic rings. The number of hydrogen-bond donors (Lipinski definition) is 2. The molecule has 3 nitrogen and oxygen atoms in total. The lowest BCUT2D eigenvalue weighted by Crippen LogP contribution is -2.14. The van der Waals surface area contributed by atoms with Crippen molar-refractivity contribution in [2.75, 3.05) is 11.1 Å². The molecule has 0 heterocycles. The molecule has 0 bridgehead atoms. The first kappa shape index (κ1) is 14.9. The van der Waals surface area contributed by atoms with Crippen LogP contribution >= 0.6 is 27.5 Å². The molecule has 5 heteroatoms. The highest BCUT2D eigenvalue weighted by molar-refractivity contribution is 9.10. The minimum atomic E-state index is -0.261. The first-order valence-electron chi connectivity index (χ1n) is 6.01. The van der Waals surface area contributed by atoms with E-state index in [1.807, 2.05) is 19.9 Å². The van der Waals surface area contributed by atoms with Crippen molar-refractivity contribution in [2.24, 2.45) is 0 Å². The topological polar surface area (TPSA) is 55.1 Å². The summed E-state index contributed by atoms with van der Waals surface area (Å²) in [7, 11) is 0. The Hall–Kier alpha value is -1.52. The van der Waals surface area contributed by atoms with Crippen LogP contribution in [-0.4, -0.2) is 5.91 Å². The van der Waals surface area contributed by atoms with E-state index in [1.165, 1.54) is 0 Å². The molecular weight excluding hydrogens is 340 g/mol. The van der Waals surface area contributed by atoms with E-state index in [9.17, 15) is 4.79 Å². The summed E-state index contributed by atoms with van der Waals surface area (Å²) in [6, 6.07) is 8.84. The Kier molecular flexibility index (Phi) is 4.35. The molecule has 0 fully saturated rings. The molecule has 0 unspecified atom stereocenters. The zero-order valence-electron chi connectivity index (χ0n) is 11.1. The van der Waals surface area contributed by atoms with Crippen molar-refractivity contribution in [2.45, 2.75) is 13.8 Å². The third kappa shape index (κ3) is 3.14. The molecule has 0 saturated carbocycles. The number of halogens is 2. The van der Waals surface area contributed by atoms with E-state index < -0.39 is 0 Å². The van der Waals surface area contributed by atoms with Crippen LogP contribution in [0.3, 0.4) is 0 Å². The molecule has 0 aliphatic carbocycles. The molecule has 0 atom stereocenters. The smallest absolute Gasteiger partial charge is 0.257 e. The van der Waals surface area contributed by atoms with Crippen molar-refractivity contribution in [1.29, 1.82) is 0 Å². The summed E-state index contributed by atoms with van der Waals surface area (Å²) in [5.41, 5.74) is 9.56. The van der Waals surface area contributed by atoms with E-state index in [0.29, 0.717) is 22.0 Å². The minimum Gasteiger partial charge on any atom is -0.398 e. The Bertz CT molecular complexity index is 686. The minimum absolute atomic E-state index is 0.261. The molecule has 3 N–H and O–H groups in total. The van der Waals surface area contributed by atoms with E-state index >= 15 is 0 Å². The van der Waals surface area contributed by atoms with Crippen LogP contribution in [0.15, 0.2) is 34.8 Å². The highest BCUT2D eigenvalue weighted by atomic mass is 79.9. The van der Waals surface area contributed by atoms with Crippen LogP contribution in [0.5, 0.6) is 0 Å². The van der Waals surface area contributed by atoms with Crippen LogP contribution < -0.4 is 11.1 Å². The fourth-order valence-corrected chi connectivity index (χ4v) is 2.43. The van der Waals surface area contributed by atoms with Crippen LogP contribution in [0.4, 0.5) is 11.4 Å². The van der Waals surface area contributed by atoms with Crippen molar-refractivity contribution in [3.63, 3.8) is 0 Å². The van der Waals surface area contributed by atoms with Crippen molar-refractivity contribution in [3.05, 3.63) is 56.5 Å². The van der Waals surface area contributed by atoms with Gasteiger partial charge < -0.3 is 11.1 Å². The monoisotopic (exact) mass is 352 g/mol. The lowest BCUT2D eigenvalue weighted by molar-refractivity contribution is 0.102. The first-order chi connectivity index (χ1) is 9.38. The number of hydrogen-bond acceptors (Lipinski definition) is 2. The fourth-order valence-electron chi connectivity index (χ4n) is 1.86. The van der Waals surface area contributed by atoms with E-state index in [-0.39, 0.29) is 5.91 Å². The molecule has 2 aromatic carbocycles. The summed E-state index contributed by atoms with van der Waals surface area (Å²) in [6.07, 6.45) is 0.